The van der Waals surface area contributed by atoms with Crippen LogP contribution in [0.5, 0.6) is 0 Å². The van der Waals surface area contributed by atoms with Crippen LogP contribution < -0.4 is 5.32 Å². The van der Waals surface area contributed by atoms with Crippen LogP contribution in [0.1, 0.15) is 12.0 Å². The normalized spacial score (nSPS) is 18.8. The number of halogens is 1. The molecule has 6 heteroatoms. The number of nitrogens with zero attached hydrogens (tertiary/aromatic N) is 2. The summed E-state index contributed by atoms with van der Waals surface area (Å²) >= 11 is 0. The maximum absolute atomic E-state index is 12.6. The Morgan fingerprint density at radius 1 is 1.61 bits per heavy atom. The molecule has 2 rings (SSSR count). The standard InChI is InChI=1S/C12H16FN3O2/c13-11-2-1-9(7-15-11)4-6-16(12(17)18)10-3-5-14-8-10/h1-2,7,10,14H,3-6,8H2,(H,17,18). The van der Waals surface area contributed by atoms with Crippen molar-refractivity contribution in [3.05, 3.63) is 29.8 Å². The summed E-state index contributed by atoms with van der Waals surface area (Å²) in [6, 6.07) is 2.96. The number of carboxylic acid groups (broad SMARTS) is 1. The lowest BCUT2D eigenvalue weighted by Gasteiger charge is -2.25. The summed E-state index contributed by atoms with van der Waals surface area (Å²) in [4.78, 5) is 16.2. The first-order chi connectivity index (χ1) is 8.66. The second-order valence-corrected chi connectivity index (χ2v) is 4.36. The monoisotopic (exact) mass is 253 g/mol. The van der Waals surface area contributed by atoms with Crippen molar-refractivity contribution in [2.24, 2.45) is 0 Å². The Bertz CT molecular complexity index is 404. The van der Waals surface area contributed by atoms with Crippen LogP contribution in [0.4, 0.5) is 9.18 Å². The van der Waals surface area contributed by atoms with E-state index in [0.29, 0.717) is 19.5 Å². The molecule has 1 unspecified atom stereocenters. The van der Waals surface area contributed by atoms with Crippen molar-refractivity contribution in [1.29, 1.82) is 0 Å². The van der Waals surface area contributed by atoms with Gasteiger partial charge in [0.05, 0.1) is 0 Å². The minimum Gasteiger partial charge on any atom is -0.465 e. The van der Waals surface area contributed by atoms with Crippen LogP contribution in [0.15, 0.2) is 18.3 Å². The van der Waals surface area contributed by atoms with Crippen LogP contribution in [-0.4, -0.2) is 46.8 Å². The first-order valence-electron chi connectivity index (χ1n) is 5.97. The highest BCUT2D eigenvalue weighted by atomic mass is 19.1. The number of hydrogen-bond donors (Lipinski definition) is 2. The van der Waals surface area contributed by atoms with Gasteiger partial charge < -0.3 is 15.3 Å². The number of hydrogen-bond acceptors (Lipinski definition) is 3. The maximum atomic E-state index is 12.6. The molecule has 0 bridgehead atoms. The molecule has 1 amide bonds. The lowest BCUT2D eigenvalue weighted by atomic mass is 10.1. The summed E-state index contributed by atoms with van der Waals surface area (Å²) in [6.07, 6.45) is 1.94. The first kappa shape index (κ1) is 12.8. The van der Waals surface area contributed by atoms with Gasteiger partial charge in [-0.15, -0.1) is 0 Å². The maximum Gasteiger partial charge on any atom is 0.407 e. The summed E-state index contributed by atoms with van der Waals surface area (Å²) < 4.78 is 12.6. The Hall–Kier alpha value is -1.69. The predicted molar refractivity (Wildman–Crippen MR) is 63.9 cm³/mol. The topological polar surface area (TPSA) is 65.5 Å². The van der Waals surface area contributed by atoms with E-state index in [1.165, 1.54) is 17.2 Å². The van der Waals surface area contributed by atoms with Gasteiger partial charge in [0, 0.05) is 25.3 Å². The van der Waals surface area contributed by atoms with E-state index in [1.807, 2.05) is 0 Å². The minimum atomic E-state index is -0.904. The molecule has 0 saturated carbocycles. The van der Waals surface area contributed by atoms with E-state index in [-0.39, 0.29) is 6.04 Å². The van der Waals surface area contributed by atoms with Crippen molar-refractivity contribution in [2.75, 3.05) is 19.6 Å². The number of aromatic nitrogens is 1. The number of pyridine rings is 1. The van der Waals surface area contributed by atoms with Gasteiger partial charge in [0.1, 0.15) is 0 Å². The molecule has 0 radical (unpaired) electrons. The molecule has 2 heterocycles. The van der Waals surface area contributed by atoms with E-state index in [9.17, 15) is 14.3 Å². The summed E-state index contributed by atoms with van der Waals surface area (Å²) in [5.74, 6) is -0.520. The molecule has 5 nitrogen and oxygen atoms in total. The summed E-state index contributed by atoms with van der Waals surface area (Å²) in [6.45, 7) is 1.97. The van der Waals surface area contributed by atoms with E-state index in [1.54, 1.807) is 6.07 Å². The molecule has 1 saturated heterocycles. The quantitative estimate of drug-likeness (QED) is 0.789. The van der Waals surface area contributed by atoms with Crippen LogP contribution in [-0.2, 0) is 6.42 Å². The molecule has 0 spiro atoms. The highest BCUT2D eigenvalue weighted by molar-refractivity contribution is 5.65. The van der Waals surface area contributed by atoms with E-state index in [4.69, 9.17) is 0 Å². The molecule has 1 atom stereocenters. The Kier molecular flexibility index (Phi) is 4.09. The van der Waals surface area contributed by atoms with Crippen LogP contribution >= 0.6 is 0 Å². The third-order valence-electron chi connectivity index (χ3n) is 3.15. The van der Waals surface area contributed by atoms with Crippen molar-refractivity contribution in [3.63, 3.8) is 0 Å². The lowest BCUT2D eigenvalue weighted by molar-refractivity contribution is 0.128. The van der Waals surface area contributed by atoms with Gasteiger partial charge in [-0.3, -0.25) is 0 Å². The van der Waals surface area contributed by atoms with E-state index < -0.39 is 12.0 Å². The fraction of sp³-hybridized carbons (Fsp3) is 0.500. The van der Waals surface area contributed by atoms with Crippen molar-refractivity contribution in [3.8, 4) is 0 Å². The molecule has 1 aromatic heterocycles. The first-order valence-corrected chi connectivity index (χ1v) is 5.97. The SMILES string of the molecule is O=C(O)N(CCc1ccc(F)nc1)C1CCNC1. The van der Waals surface area contributed by atoms with Crippen molar-refractivity contribution in [2.45, 2.75) is 18.9 Å². The molecule has 98 valence electrons. The van der Waals surface area contributed by atoms with Gasteiger partial charge in [0.2, 0.25) is 5.95 Å². The Morgan fingerprint density at radius 3 is 3.00 bits per heavy atom. The lowest BCUT2D eigenvalue weighted by Crippen LogP contribution is -2.41. The molecule has 1 aromatic rings. The fourth-order valence-corrected chi connectivity index (χ4v) is 2.14. The zero-order valence-corrected chi connectivity index (χ0v) is 9.97. The van der Waals surface area contributed by atoms with E-state index in [0.717, 1.165) is 18.5 Å². The number of nitrogens with one attached hydrogen (secondary N) is 1. The largest absolute Gasteiger partial charge is 0.465 e. The third-order valence-corrected chi connectivity index (χ3v) is 3.15. The van der Waals surface area contributed by atoms with Crippen LogP contribution in [0, 0.1) is 5.95 Å². The smallest absolute Gasteiger partial charge is 0.407 e. The molecule has 0 aliphatic carbocycles. The highest BCUT2D eigenvalue weighted by Crippen LogP contribution is 2.10. The molecular weight excluding hydrogens is 237 g/mol. The zero-order valence-electron chi connectivity index (χ0n) is 9.97. The van der Waals surface area contributed by atoms with Crippen molar-refractivity contribution >= 4 is 6.09 Å². The molecule has 2 N–H and O–H groups in total. The number of rotatable bonds is 4. The Balaban J connectivity index is 1.93. The van der Waals surface area contributed by atoms with Gasteiger partial charge >= 0.3 is 6.09 Å². The molecule has 1 fully saturated rings. The average molecular weight is 253 g/mol. The fourth-order valence-electron chi connectivity index (χ4n) is 2.14. The second-order valence-electron chi connectivity index (χ2n) is 4.36. The second kappa shape index (κ2) is 5.77. The molecule has 0 aromatic carbocycles. The summed E-state index contributed by atoms with van der Waals surface area (Å²) in [5.41, 5.74) is 0.841. The Labute approximate surface area is 105 Å². The molecule has 18 heavy (non-hydrogen) atoms. The third kappa shape index (κ3) is 3.16. The number of amides is 1. The van der Waals surface area contributed by atoms with Gasteiger partial charge in [-0.05, 0) is 31.0 Å². The van der Waals surface area contributed by atoms with Crippen LogP contribution in [0.2, 0.25) is 0 Å². The van der Waals surface area contributed by atoms with E-state index in [2.05, 4.69) is 10.3 Å². The molecular formula is C12H16FN3O2. The predicted octanol–water partition coefficient (Wildman–Crippen LogP) is 1.11. The van der Waals surface area contributed by atoms with E-state index >= 15 is 0 Å². The number of carbonyl (C=O) groups is 1. The summed E-state index contributed by atoms with van der Waals surface area (Å²) in [5, 5.41) is 12.3. The van der Waals surface area contributed by atoms with Gasteiger partial charge in [-0.25, -0.2) is 9.78 Å². The van der Waals surface area contributed by atoms with Crippen molar-refractivity contribution < 1.29 is 14.3 Å². The average Bonchev–Trinajstić information content (AvgIpc) is 2.85. The van der Waals surface area contributed by atoms with Crippen molar-refractivity contribution in [1.82, 2.24) is 15.2 Å². The van der Waals surface area contributed by atoms with Crippen LogP contribution in [0.25, 0.3) is 0 Å². The highest BCUT2D eigenvalue weighted by Gasteiger charge is 2.25. The summed E-state index contributed by atoms with van der Waals surface area (Å²) in [7, 11) is 0. The minimum absolute atomic E-state index is 0.0379. The molecule has 1 aliphatic rings. The van der Waals surface area contributed by atoms with Gasteiger partial charge in [-0.1, -0.05) is 6.07 Å². The molecule has 1 aliphatic heterocycles. The van der Waals surface area contributed by atoms with Crippen LogP contribution in [0.3, 0.4) is 0 Å². The van der Waals surface area contributed by atoms with Gasteiger partial charge in [0.15, 0.2) is 0 Å². The Morgan fingerprint density at radius 2 is 2.44 bits per heavy atom. The van der Waals surface area contributed by atoms with Gasteiger partial charge in [-0.2, -0.15) is 4.39 Å². The van der Waals surface area contributed by atoms with Gasteiger partial charge in [0.25, 0.3) is 0 Å². The zero-order chi connectivity index (χ0) is 13.0.